The smallest absolute Gasteiger partial charge is 0.303 e. The predicted octanol–water partition coefficient (Wildman–Crippen LogP) is 3.03. The maximum atomic E-state index is 11.0. The van der Waals surface area contributed by atoms with Crippen molar-refractivity contribution in [2.75, 3.05) is 14.2 Å². The highest BCUT2D eigenvalue weighted by Gasteiger charge is 2.36. The SMILES string of the molecule is COc1cc(C(CC(=O)O)C2CC2)c(O)c(Cl)c1OC. The third kappa shape index (κ3) is 2.77. The van der Waals surface area contributed by atoms with Crippen LogP contribution in [0.5, 0.6) is 17.2 Å². The average molecular weight is 301 g/mol. The molecule has 1 aliphatic rings. The van der Waals surface area contributed by atoms with Crippen molar-refractivity contribution in [3.05, 3.63) is 16.7 Å². The Morgan fingerprint density at radius 3 is 2.55 bits per heavy atom. The molecule has 6 heteroatoms. The van der Waals surface area contributed by atoms with Crippen molar-refractivity contribution in [3.63, 3.8) is 0 Å². The second-order valence-electron chi connectivity index (χ2n) is 4.91. The van der Waals surface area contributed by atoms with E-state index in [0.717, 1.165) is 12.8 Å². The van der Waals surface area contributed by atoms with Crippen LogP contribution in [-0.2, 0) is 4.79 Å². The fourth-order valence-electron chi connectivity index (χ4n) is 2.46. The highest BCUT2D eigenvalue weighted by Crippen LogP contribution is 2.52. The summed E-state index contributed by atoms with van der Waals surface area (Å²) in [4.78, 5) is 11.0. The molecule has 1 atom stereocenters. The number of phenolic OH excluding ortho intramolecular Hbond substituents is 1. The van der Waals surface area contributed by atoms with Gasteiger partial charge in [0, 0.05) is 11.5 Å². The quantitative estimate of drug-likeness (QED) is 0.844. The van der Waals surface area contributed by atoms with Gasteiger partial charge in [-0.1, -0.05) is 11.6 Å². The monoisotopic (exact) mass is 300 g/mol. The second-order valence-corrected chi connectivity index (χ2v) is 5.28. The largest absolute Gasteiger partial charge is 0.506 e. The Morgan fingerprint density at radius 1 is 1.45 bits per heavy atom. The lowest BCUT2D eigenvalue weighted by Crippen LogP contribution is -2.09. The standard InChI is InChI=1S/C14H17ClO5/c1-19-10-5-9(13(18)12(15)14(10)20-2)8(6-11(16)17)7-3-4-7/h5,7-8,18H,3-4,6H2,1-2H3,(H,16,17). The fraction of sp³-hybridized carbons (Fsp3) is 0.500. The minimum Gasteiger partial charge on any atom is -0.506 e. The first-order valence-corrected chi connectivity index (χ1v) is 6.72. The number of rotatable bonds is 6. The molecule has 5 nitrogen and oxygen atoms in total. The maximum Gasteiger partial charge on any atom is 0.303 e. The number of hydrogen-bond donors (Lipinski definition) is 2. The van der Waals surface area contributed by atoms with Gasteiger partial charge in [0.2, 0.25) is 0 Å². The fourth-order valence-corrected chi connectivity index (χ4v) is 2.74. The molecule has 0 amide bonds. The van der Waals surface area contributed by atoms with Gasteiger partial charge in [-0.3, -0.25) is 4.79 Å². The van der Waals surface area contributed by atoms with E-state index in [1.807, 2.05) is 0 Å². The molecule has 0 aromatic heterocycles. The maximum absolute atomic E-state index is 11.0. The number of carboxylic acid groups (broad SMARTS) is 1. The van der Waals surface area contributed by atoms with E-state index in [9.17, 15) is 9.90 Å². The molecule has 0 aliphatic heterocycles. The van der Waals surface area contributed by atoms with Gasteiger partial charge in [-0.05, 0) is 24.8 Å². The summed E-state index contributed by atoms with van der Waals surface area (Å²) in [6.45, 7) is 0. The molecule has 1 unspecified atom stereocenters. The molecule has 110 valence electrons. The number of carbonyl (C=O) groups is 1. The summed E-state index contributed by atoms with van der Waals surface area (Å²) < 4.78 is 10.3. The Hall–Kier alpha value is -1.62. The molecule has 1 saturated carbocycles. The molecule has 1 aromatic rings. The van der Waals surface area contributed by atoms with E-state index in [1.165, 1.54) is 14.2 Å². The summed E-state index contributed by atoms with van der Waals surface area (Å²) in [6.07, 6.45) is 1.89. The number of halogens is 1. The minimum atomic E-state index is -0.896. The highest BCUT2D eigenvalue weighted by molar-refractivity contribution is 6.33. The lowest BCUT2D eigenvalue weighted by molar-refractivity contribution is -0.137. The molecular formula is C14H17ClO5. The van der Waals surface area contributed by atoms with Crippen molar-refractivity contribution in [2.24, 2.45) is 5.92 Å². The predicted molar refractivity (Wildman–Crippen MR) is 73.9 cm³/mol. The summed E-state index contributed by atoms with van der Waals surface area (Å²) in [5.74, 6) is -0.368. The van der Waals surface area contributed by atoms with Gasteiger partial charge >= 0.3 is 5.97 Å². The van der Waals surface area contributed by atoms with E-state index in [0.29, 0.717) is 11.3 Å². The first-order chi connectivity index (χ1) is 9.49. The van der Waals surface area contributed by atoms with Crippen LogP contribution < -0.4 is 9.47 Å². The molecule has 0 saturated heterocycles. The van der Waals surface area contributed by atoms with Gasteiger partial charge in [-0.25, -0.2) is 0 Å². The van der Waals surface area contributed by atoms with Gasteiger partial charge in [0.25, 0.3) is 0 Å². The molecule has 2 N–H and O–H groups in total. The zero-order valence-corrected chi connectivity index (χ0v) is 12.1. The molecule has 1 fully saturated rings. The first-order valence-electron chi connectivity index (χ1n) is 6.34. The van der Waals surface area contributed by atoms with Crippen molar-refractivity contribution >= 4 is 17.6 Å². The molecule has 20 heavy (non-hydrogen) atoms. The highest BCUT2D eigenvalue weighted by atomic mass is 35.5. The van der Waals surface area contributed by atoms with Crippen molar-refractivity contribution in [1.29, 1.82) is 0 Å². The first kappa shape index (κ1) is 14.8. The van der Waals surface area contributed by atoms with Crippen molar-refractivity contribution in [3.8, 4) is 17.2 Å². The lowest BCUT2D eigenvalue weighted by Gasteiger charge is -2.20. The van der Waals surface area contributed by atoms with Crippen LogP contribution in [0.15, 0.2) is 6.07 Å². The third-order valence-electron chi connectivity index (χ3n) is 3.60. The van der Waals surface area contributed by atoms with Gasteiger partial charge in [0.15, 0.2) is 11.5 Å². The molecule has 0 bridgehead atoms. The van der Waals surface area contributed by atoms with Gasteiger partial charge in [-0.15, -0.1) is 0 Å². The Labute approximate surface area is 122 Å². The summed E-state index contributed by atoms with van der Waals surface area (Å²) >= 11 is 6.09. The Balaban J connectivity index is 2.48. The van der Waals surface area contributed by atoms with Crippen molar-refractivity contribution < 1.29 is 24.5 Å². The number of phenols is 1. The topological polar surface area (TPSA) is 76.0 Å². The van der Waals surface area contributed by atoms with Crippen molar-refractivity contribution in [2.45, 2.75) is 25.2 Å². The number of carboxylic acids is 1. The zero-order valence-electron chi connectivity index (χ0n) is 11.4. The van der Waals surface area contributed by atoms with Crippen LogP contribution >= 0.6 is 11.6 Å². The average Bonchev–Trinajstić information content (AvgIpc) is 3.23. The summed E-state index contributed by atoms with van der Waals surface area (Å²) in [5, 5.41) is 19.3. The Kier molecular flexibility index (Phi) is 4.28. The molecule has 2 rings (SSSR count). The van der Waals surface area contributed by atoms with Crippen LogP contribution in [0.2, 0.25) is 5.02 Å². The van der Waals surface area contributed by atoms with E-state index < -0.39 is 5.97 Å². The van der Waals surface area contributed by atoms with Gasteiger partial charge in [0.1, 0.15) is 10.8 Å². The number of hydrogen-bond acceptors (Lipinski definition) is 4. The van der Waals surface area contributed by atoms with E-state index >= 15 is 0 Å². The lowest BCUT2D eigenvalue weighted by atomic mass is 9.90. The number of methoxy groups -OCH3 is 2. The van der Waals surface area contributed by atoms with Crippen LogP contribution in [-0.4, -0.2) is 30.4 Å². The third-order valence-corrected chi connectivity index (χ3v) is 3.95. The van der Waals surface area contributed by atoms with E-state index in [-0.39, 0.29) is 34.8 Å². The van der Waals surface area contributed by atoms with Gasteiger partial charge in [0.05, 0.1) is 20.6 Å². The van der Waals surface area contributed by atoms with Crippen LogP contribution in [0.4, 0.5) is 0 Å². The summed E-state index contributed by atoms with van der Waals surface area (Å²) in [5.41, 5.74) is 0.512. The zero-order chi connectivity index (χ0) is 14.9. The molecule has 1 aromatic carbocycles. The Bertz CT molecular complexity index is 525. The Morgan fingerprint density at radius 2 is 2.10 bits per heavy atom. The molecule has 0 radical (unpaired) electrons. The molecule has 1 aliphatic carbocycles. The van der Waals surface area contributed by atoms with E-state index in [2.05, 4.69) is 0 Å². The van der Waals surface area contributed by atoms with Crippen LogP contribution in [0, 0.1) is 5.92 Å². The summed E-state index contributed by atoms with van der Waals surface area (Å²) in [6, 6.07) is 1.62. The normalized spacial score (nSPS) is 15.8. The van der Waals surface area contributed by atoms with E-state index in [1.54, 1.807) is 6.07 Å². The minimum absolute atomic E-state index is 0.0377. The number of aliphatic carboxylic acids is 1. The van der Waals surface area contributed by atoms with E-state index in [4.69, 9.17) is 26.2 Å². The number of benzene rings is 1. The number of ether oxygens (including phenoxy) is 2. The number of aromatic hydroxyl groups is 1. The van der Waals surface area contributed by atoms with Crippen LogP contribution in [0.3, 0.4) is 0 Å². The molecular weight excluding hydrogens is 284 g/mol. The molecule has 0 spiro atoms. The second kappa shape index (κ2) is 5.79. The molecule has 0 heterocycles. The van der Waals surface area contributed by atoms with Crippen molar-refractivity contribution in [1.82, 2.24) is 0 Å². The summed E-state index contributed by atoms with van der Waals surface area (Å²) in [7, 11) is 2.90. The van der Waals surface area contributed by atoms with Gasteiger partial charge < -0.3 is 19.7 Å². The van der Waals surface area contributed by atoms with Crippen LogP contribution in [0.1, 0.15) is 30.7 Å². The van der Waals surface area contributed by atoms with Gasteiger partial charge in [-0.2, -0.15) is 0 Å². The van der Waals surface area contributed by atoms with Crippen LogP contribution in [0.25, 0.3) is 0 Å².